The molecule has 1 atom stereocenters. The smallest absolute Gasteiger partial charge is 0.212 e. The van der Waals surface area contributed by atoms with Crippen LogP contribution in [0.2, 0.25) is 0 Å². The summed E-state index contributed by atoms with van der Waals surface area (Å²) >= 11 is 0. The Morgan fingerprint density at radius 2 is 1.57 bits per heavy atom. The molecule has 0 bridgehead atoms. The van der Waals surface area contributed by atoms with Gasteiger partial charge in [0.05, 0.1) is 5.75 Å². The van der Waals surface area contributed by atoms with Gasteiger partial charge in [0.25, 0.3) is 0 Å². The van der Waals surface area contributed by atoms with Crippen LogP contribution < -0.4 is 4.72 Å². The van der Waals surface area contributed by atoms with E-state index in [1.807, 2.05) is 33.8 Å². The summed E-state index contributed by atoms with van der Waals surface area (Å²) in [5.74, 6) is -0.542. The van der Waals surface area contributed by atoms with Crippen molar-refractivity contribution in [3.05, 3.63) is 70.0 Å². The lowest BCUT2D eigenvalue weighted by atomic mass is 9.97. The Bertz CT molecular complexity index is 799. The minimum absolute atomic E-state index is 0.165. The van der Waals surface area contributed by atoms with E-state index < -0.39 is 10.0 Å². The zero-order chi connectivity index (χ0) is 17.2. The minimum atomic E-state index is -3.51. The number of benzene rings is 2. The second-order valence-corrected chi connectivity index (χ2v) is 7.77. The van der Waals surface area contributed by atoms with Crippen molar-refractivity contribution in [1.29, 1.82) is 0 Å². The van der Waals surface area contributed by atoms with E-state index in [2.05, 4.69) is 10.8 Å². The number of halogens is 1. The molecule has 0 heterocycles. The second kappa shape index (κ2) is 6.81. The first kappa shape index (κ1) is 17.6. The summed E-state index contributed by atoms with van der Waals surface area (Å²) < 4.78 is 40.3. The highest BCUT2D eigenvalue weighted by Crippen LogP contribution is 2.22. The second-order valence-electron chi connectivity index (χ2n) is 6.02. The molecule has 124 valence electrons. The Morgan fingerprint density at radius 1 is 1.00 bits per heavy atom. The molecule has 2 rings (SSSR count). The van der Waals surface area contributed by atoms with Crippen molar-refractivity contribution in [2.75, 3.05) is 0 Å². The Balaban J connectivity index is 2.16. The van der Waals surface area contributed by atoms with Crippen LogP contribution in [0.4, 0.5) is 4.39 Å². The normalized spacial score (nSPS) is 13.1. The average Bonchev–Trinajstić information content (AvgIpc) is 2.44. The molecule has 0 saturated heterocycles. The summed E-state index contributed by atoms with van der Waals surface area (Å²) in [6.07, 6.45) is 0. The largest absolute Gasteiger partial charge is 0.216 e. The molecule has 0 aromatic heterocycles. The van der Waals surface area contributed by atoms with Crippen molar-refractivity contribution < 1.29 is 12.8 Å². The van der Waals surface area contributed by atoms with Gasteiger partial charge in [0.1, 0.15) is 5.82 Å². The molecule has 0 unspecified atom stereocenters. The fourth-order valence-electron chi connectivity index (χ4n) is 2.62. The maximum atomic E-state index is 12.9. The zero-order valence-electron chi connectivity index (χ0n) is 13.9. The summed E-state index contributed by atoms with van der Waals surface area (Å²) in [4.78, 5) is 0. The van der Waals surface area contributed by atoms with Gasteiger partial charge in [-0.05, 0) is 67.6 Å². The van der Waals surface area contributed by atoms with Crippen LogP contribution in [0.25, 0.3) is 0 Å². The van der Waals surface area contributed by atoms with Crippen LogP contribution in [0.5, 0.6) is 0 Å². The molecule has 2 aromatic carbocycles. The van der Waals surface area contributed by atoms with E-state index >= 15 is 0 Å². The number of rotatable bonds is 5. The SMILES string of the molecule is Cc1cc(C)c([C@@H](C)NS(=O)(=O)Cc2ccc(F)cc2)cc1C. The molecule has 0 radical (unpaired) electrons. The van der Waals surface area contributed by atoms with Gasteiger partial charge in [0, 0.05) is 6.04 Å². The molecule has 0 aliphatic rings. The van der Waals surface area contributed by atoms with Gasteiger partial charge in [-0.3, -0.25) is 0 Å². The number of hydrogen-bond acceptors (Lipinski definition) is 2. The van der Waals surface area contributed by atoms with Crippen LogP contribution in [-0.4, -0.2) is 8.42 Å². The first-order chi connectivity index (χ1) is 10.7. The van der Waals surface area contributed by atoms with Crippen LogP contribution >= 0.6 is 0 Å². The van der Waals surface area contributed by atoms with Crippen LogP contribution in [0.15, 0.2) is 36.4 Å². The Hall–Kier alpha value is -1.72. The third-order valence-electron chi connectivity index (χ3n) is 3.98. The van der Waals surface area contributed by atoms with E-state index in [1.165, 1.54) is 29.8 Å². The highest BCUT2D eigenvalue weighted by atomic mass is 32.2. The fourth-order valence-corrected chi connectivity index (χ4v) is 4.00. The highest BCUT2D eigenvalue weighted by Gasteiger charge is 2.18. The number of sulfonamides is 1. The maximum absolute atomic E-state index is 12.9. The van der Waals surface area contributed by atoms with E-state index in [9.17, 15) is 12.8 Å². The molecular weight excluding hydrogens is 313 g/mol. The van der Waals surface area contributed by atoms with Gasteiger partial charge in [-0.2, -0.15) is 0 Å². The lowest BCUT2D eigenvalue weighted by Crippen LogP contribution is -2.28. The molecular formula is C18H22FNO2S. The monoisotopic (exact) mass is 335 g/mol. The third-order valence-corrected chi connectivity index (χ3v) is 5.40. The zero-order valence-corrected chi connectivity index (χ0v) is 14.7. The van der Waals surface area contributed by atoms with Gasteiger partial charge in [-0.25, -0.2) is 17.5 Å². The summed E-state index contributed by atoms with van der Waals surface area (Å²) in [6.45, 7) is 7.86. The highest BCUT2D eigenvalue weighted by molar-refractivity contribution is 7.88. The van der Waals surface area contributed by atoms with E-state index in [1.54, 1.807) is 0 Å². The molecule has 23 heavy (non-hydrogen) atoms. The topological polar surface area (TPSA) is 46.2 Å². The molecule has 2 aromatic rings. The maximum Gasteiger partial charge on any atom is 0.216 e. The van der Waals surface area contributed by atoms with Crippen molar-refractivity contribution in [2.24, 2.45) is 0 Å². The van der Waals surface area contributed by atoms with Gasteiger partial charge in [0.15, 0.2) is 0 Å². The lowest BCUT2D eigenvalue weighted by Gasteiger charge is -2.18. The Kier molecular flexibility index (Phi) is 5.22. The molecule has 0 spiro atoms. The number of hydrogen-bond donors (Lipinski definition) is 1. The quantitative estimate of drug-likeness (QED) is 0.900. The molecule has 3 nitrogen and oxygen atoms in total. The van der Waals surface area contributed by atoms with E-state index in [4.69, 9.17) is 0 Å². The Labute approximate surface area is 137 Å². The Morgan fingerprint density at radius 3 is 2.17 bits per heavy atom. The van der Waals surface area contributed by atoms with Gasteiger partial charge >= 0.3 is 0 Å². The fraction of sp³-hybridized carbons (Fsp3) is 0.333. The van der Waals surface area contributed by atoms with Crippen LogP contribution in [-0.2, 0) is 15.8 Å². The van der Waals surface area contributed by atoms with Crippen molar-refractivity contribution >= 4 is 10.0 Å². The molecule has 5 heteroatoms. The molecule has 0 aliphatic heterocycles. The van der Waals surface area contributed by atoms with Crippen LogP contribution in [0.1, 0.15) is 40.8 Å². The molecule has 0 fully saturated rings. The van der Waals surface area contributed by atoms with E-state index in [-0.39, 0.29) is 17.6 Å². The van der Waals surface area contributed by atoms with Crippen molar-refractivity contribution in [1.82, 2.24) is 4.72 Å². The molecule has 0 aliphatic carbocycles. The van der Waals surface area contributed by atoms with Crippen LogP contribution in [0, 0.1) is 26.6 Å². The summed E-state index contributed by atoms with van der Waals surface area (Å²) in [5, 5.41) is 0. The molecule has 1 N–H and O–H groups in total. The summed E-state index contributed by atoms with van der Waals surface area (Å²) in [7, 11) is -3.51. The number of aryl methyl sites for hydroxylation is 3. The predicted molar refractivity (Wildman–Crippen MR) is 91.2 cm³/mol. The molecule has 0 amide bonds. The summed E-state index contributed by atoms with van der Waals surface area (Å²) in [5.41, 5.74) is 4.91. The first-order valence-corrected chi connectivity index (χ1v) is 9.15. The third kappa shape index (κ3) is 4.62. The van der Waals surface area contributed by atoms with Gasteiger partial charge in [-0.1, -0.05) is 24.3 Å². The van der Waals surface area contributed by atoms with Gasteiger partial charge in [-0.15, -0.1) is 0 Å². The summed E-state index contributed by atoms with van der Waals surface area (Å²) in [6, 6.07) is 9.27. The predicted octanol–water partition coefficient (Wildman–Crippen LogP) is 3.93. The van der Waals surface area contributed by atoms with E-state index in [0.717, 1.165) is 16.7 Å². The minimum Gasteiger partial charge on any atom is -0.212 e. The van der Waals surface area contributed by atoms with Crippen molar-refractivity contribution in [3.63, 3.8) is 0 Å². The van der Waals surface area contributed by atoms with Crippen molar-refractivity contribution in [2.45, 2.75) is 39.5 Å². The van der Waals surface area contributed by atoms with E-state index in [0.29, 0.717) is 5.56 Å². The lowest BCUT2D eigenvalue weighted by molar-refractivity contribution is 0.565. The first-order valence-electron chi connectivity index (χ1n) is 7.50. The standard InChI is InChI=1S/C18H22FNO2S/c1-12-9-14(3)18(10-13(12)2)15(4)20-23(21,22)11-16-5-7-17(19)8-6-16/h5-10,15,20H,11H2,1-4H3/t15-/m1/s1. The van der Waals surface area contributed by atoms with Gasteiger partial charge < -0.3 is 0 Å². The molecule has 0 saturated carbocycles. The van der Waals surface area contributed by atoms with Crippen molar-refractivity contribution in [3.8, 4) is 0 Å². The average molecular weight is 335 g/mol. The van der Waals surface area contributed by atoms with Crippen LogP contribution in [0.3, 0.4) is 0 Å². The number of nitrogens with one attached hydrogen (secondary N) is 1. The van der Waals surface area contributed by atoms with Gasteiger partial charge in [0.2, 0.25) is 10.0 Å².